The van der Waals surface area contributed by atoms with Crippen LogP contribution in [0.1, 0.15) is 5.56 Å². The Labute approximate surface area is 105 Å². The summed E-state index contributed by atoms with van der Waals surface area (Å²) in [6, 6.07) is 9.56. The van der Waals surface area contributed by atoms with E-state index in [1.165, 1.54) is 6.20 Å². The van der Waals surface area contributed by atoms with E-state index in [4.69, 9.17) is 0 Å². The summed E-state index contributed by atoms with van der Waals surface area (Å²) in [6.07, 6.45) is 1.49. The van der Waals surface area contributed by atoms with Crippen LogP contribution < -0.4 is 16.1 Å². The molecule has 1 N–H and O–H groups in total. The molecule has 0 unspecified atom stereocenters. The Morgan fingerprint density at radius 3 is 2.56 bits per heavy atom. The van der Waals surface area contributed by atoms with E-state index in [9.17, 15) is 4.79 Å². The van der Waals surface area contributed by atoms with Gasteiger partial charge in [-0.2, -0.15) is 0 Å². The largest absolute Gasteiger partial charge is 0.320 e. The summed E-state index contributed by atoms with van der Waals surface area (Å²) >= 11 is 0. The lowest BCUT2D eigenvalue weighted by Gasteiger charge is -2.01. The maximum absolute atomic E-state index is 12.0. The van der Waals surface area contributed by atoms with Gasteiger partial charge in [-0.3, -0.25) is 9.79 Å². The number of benzene rings is 1. The molecule has 2 rings (SSSR count). The second kappa shape index (κ2) is 4.84. The first-order chi connectivity index (χ1) is 8.61. The van der Waals surface area contributed by atoms with E-state index in [-0.39, 0.29) is 5.56 Å². The van der Waals surface area contributed by atoms with Crippen molar-refractivity contribution in [3.63, 3.8) is 0 Å². The van der Waals surface area contributed by atoms with Crippen LogP contribution >= 0.6 is 0 Å². The molecule has 0 atom stereocenters. The number of rotatable bonds is 2. The molecule has 0 saturated heterocycles. The van der Waals surface area contributed by atoms with Crippen LogP contribution in [0.5, 0.6) is 0 Å². The maximum atomic E-state index is 12.0. The highest BCUT2D eigenvalue weighted by atomic mass is 16.1. The number of pyridine rings is 1. The Morgan fingerprint density at radius 1 is 1.28 bits per heavy atom. The summed E-state index contributed by atoms with van der Waals surface area (Å²) in [5.74, 6) is 0. The second-order valence-corrected chi connectivity index (χ2v) is 4.13. The number of aromatic nitrogens is 1. The first-order valence-electron chi connectivity index (χ1n) is 5.57. The van der Waals surface area contributed by atoms with Crippen molar-refractivity contribution in [2.24, 2.45) is 4.99 Å². The van der Waals surface area contributed by atoms with E-state index in [0.29, 0.717) is 10.9 Å². The van der Waals surface area contributed by atoms with Gasteiger partial charge in [-0.1, -0.05) is 36.4 Å². The predicted molar refractivity (Wildman–Crippen MR) is 76.0 cm³/mol. The van der Waals surface area contributed by atoms with Crippen LogP contribution in [-0.2, 0) is 0 Å². The summed E-state index contributed by atoms with van der Waals surface area (Å²) in [6.45, 7) is 9.27. The van der Waals surface area contributed by atoms with E-state index in [1.807, 2.05) is 31.2 Å². The molecule has 90 valence electrons. The Balaban J connectivity index is 2.67. The van der Waals surface area contributed by atoms with Gasteiger partial charge in [0.05, 0.1) is 11.5 Å². The molecular formula is C15H14N2O. The highest BCUT2D eigenvalue weighted by Crippen LogP contribution is 2.13. The van der Waals surface area contributed by atoms with Gasteiger partial charge in [0.2, 0.25) is 0 Å². The molecule has 3 nitrogen and oxygen atoms in total. The minimum Gasteiger partial charge on any atom is -0.320 e. The molecule has 0 bridgehead atoms. The lowest BCUT2D eigenvalue weighted by atomic mass is 10.1. The van der Waals surface area contributed by atoms with Crippen molar-refractivity contribution in [2.75, 3.05) is 0 Å². The molecule has 0 aliphatic heterocycles. The van der Waals surface area contributed by atoms with Gasteiger partial charge in [0.15, 0.2) is 0 Å². The van der Waals surface area contributed by atoms with E-state index in [2.05, 4.69) is 23.3 Å². The predicted octanol–water partition coefficient (Wildman–Crippen LogP) is 1.20. The third-order valence-corrected chi connectivity index (χ3v) is 2.74. The summed E-state index contributed by atoms with van der Waals surface area (Å²) < 4.78 is 0. The fourth-order valence-corrected chi connectivity index (χ4v) is 1.74. The Hall–Kier alpha value is -2.42. The number of nitrogens with one attached hydrogen (secondary N) is 1. The normalized spacial score (nSPS) is 11.5. The van der Waals surface area contributed by atoms with Crippen LogP contribution in [0.25, 0.3) is 23.9 Å². The molecule has 0 aliphatic carbocycles. The summed E-state index contributed by atoms with van der Waals surface area (Å²) in [5.41, 5.74) is 2.50. The zero-order valence-electron chi connectivity index (χ0n) is 10.2. The molecule has 1 heterocycles. The van der Waals surface area contributed by atoms with Crippen molar-refractivity contribution in [3.8, 4) is 11.1 Å². The highest BCUT2D eigenvalue weighted by molar-refractivity contribution is 5.62. The van der Waals surface area contributed by atoms with Gasteiger partial charge < -0.3 is 4.98 Å². The van der Waals surface area contributed by atoms with Crippen molar-refractivity contribution in [1.82, 2.24) is 4.98 Å². The first-order valence-corrected chi connectivity index (χ1v) is 5.57. The van der Waals surface area contributed by atoms with Gasteiger partial charge in [-0.05, 0) is 30.5 Å². The van der Waals surface area contributed by atoms with Crippen molar-refractivity contribution in [1.29, 1.82) is 0 Å². The minimum atomic E-state index is -0.152. The third-order valence-electron chi connectivity index (χ3n) is 2.74. The van der Waals surface area contributed by atoms with E-state index >= 15 is 0 Å². The summed E-state index contributed by atoms with van der Waals surface area (Å²) in [7, 11) is 0. The molecule has 3 heteroatoms. The summed E-state index contributed by atoms with van der Waals surface area (Å²) in [4.78, 5) is 18.4. The zero-order chi connectivity index (χ0) is 13.1. The van der Waals surface area contributed by atoms with Crippen molar-refractivity contribution in [2.45, 2.75) is 6.92 Å². The molecule has 18 heavy (non-hydrogen) atoms. The average molecular weight is 238 g/mol. The number of hydrogen-bond acceptors (Lipinski definition) is 2. The smallest absolute Gasteiger partial charge is 0.256 e. The number of hydrogen-bond donors (Lipinski definition) is 1. The van der Waals surface area contributed by atoms with Crippen LogP contribution in [0.4, 0.5) is 0 Å². The van der Waals surface area contributed by atoms with Crippen molar-refractivity contribution >= 4 is 19.5 Å². The van der Waals surface area contributed by atoms with Crippen molar-refractivity contribution < 1.29 is 0 Å². The van der Waals surface area contributed by atoms with Gasteiger partial charge in [0, 0.05) is 5.56 Å². The number of H-pyrrole nitrogens is 1. The number of aromatic amines is 1. The second-order valence-electron chi connectivity index (χ2n) is 4.13. The standard InChI is InChI=1S/C15H14N2O/c1-10-4-6-12(7-5-10)13-8-11(2)14(9-16-3)17-15(13)18/h4-9H,2-3H2,1H3,(H,17,18)/b14-9+. The lowest BCUT2D eigenvalue weighted by Crippen LogP contribution is -2.33. The highest BCUT2D eigenvalue weighted by Gasteiger charge is 2.02. The molecule has 1 aromatic carbocycles. The van der Waals surface area contributed by atoms with Crippen LogP contribution in [0.15, 0.2) is 40.1 Å². The zero-order valence-corrected chi connectivity index (χ0v) is 10.2. The fraction of sp³-hybridized carbons (Fsp3) is 0.0667. The molecule has 2 aromatic rings. The molecule has 0 saturated carbocycles. The van der Waals surface area contributed by atoms with Crippen LogP contribution in [0.2, 0.25) is 0 Å². The quantitative estimate of drug-likeness (QED) is 0.785. The van der Waals surface area contributed by atoms with Crippen molar-refractivity contribution in [3.05, 3.63) is 56.8 Å². The Kier molecular flexibility index (Phi) is 3.24. The maximum Gasteiger partial charge on any atom is 0.256 e. The number of aliphatic imine (C=N–C) groups is 1. The topological polar surface area (TPSA) is 45.2 Å². The molecule has 0 radical (unpaired) electrons. The molecule has 0 amide bonds. The van der Waals surface area contributed by atoms with Gasteiger partial charge in [0.1, 0.15) is 0 Å². The van der Waals surface area contributed by atoms with E-state index in [1.54, 1.807) is 6.07 Å². The summed E-state index contributed by atoms with van der Waals surface area (Å²) in [5, 5.41) is 1.31. The number of aryl methyl sites for hydroxylation is 1. The average Bonchev–Trinajstić information content (AvgIpc) is 2.35. The van der Waals surface area contributed by atoms with E-state index in [0.717, 1.165) is 16.3 Å². The SMILES string of the molecule is C=N/C=c1/[nH]c(=O)c(-c2ccc(C)cc2)cc1=C. The van der Waals surface area contributed by atoms with Gasteiger partial charge >= 0.3 is 0 Å². The van der Waals surface area contributed by atoms with Crippen LogP contribution in [-0.4, -0.2) is 11.7 Å². The van der Waals surface area contributed by atoms with Crippen LogP contribution in [0, 0.1) is 6.92 Å². The van der Waals surface area contributed by atoms with Gasteiger partial charge in [0.25, 0.3) is 5.56 Å². The fourth-order valence-electron chi connectivity index (χ4n) is 1.74. The Bertz CT molecular complexity index is 740. The minimum absolute atomic E-state index is 0.152. The van der Waals surface area contributed by atoms with Gasteiger partial charge in [-0.25, -0.2) is 0 Å². The van der Waals surface area contributed by atoms with E-state index < -0.39 is 0 Å². The first kappa shape index (κ1) is 12.0. The molecule has 0 aliphatic rings. The molecular weight excluding hydrogens is 224 g/mol. The van der Waals surface area contributed by atoms with Gasteiger partial charge in [-0.15, -0.1) is 0 Å². The monoisotopic (exact) mass is 238 g/mol. The molecule has 0 spiro atoms. The molecule has 0 fully saturated rings. The third kappa shape index (κ3) is 2.30. The molecule has 1 aromatic heterocycles. The lowest BCUT2D eigenvalue weighted by molar-refractivity contribution is 1.15. The Morgan fingerprint density at radius 2 is 1.94 bits per heavy atom. The van der Waals surface area contributed by atoms with Crippen LogP contribution in [0.3, 0.4) is 0 Å². The number of nitrogens with zero attached hydrogens (tertiary/aromatic N) is 1.